The molecule has 1 unspecified atom stereocenters. The van der Waals surface area contributed by atoms with Gasteiger partial charge in [-0.05, 0) is 68.1 Å². The fraction of sp³-hybridized carbons (Fsp3) is 0.667. The Morgan fingerprint density at radius 3 is 1.95 bits per heavy atom. The van der Waals surface area contributed by atoms with E-state index in [0.717, 1.165) is 18.4 Å². The molecule has 3 rings (SSSR count). The van der Waals surface area contributed by atoms with Gasteiger partial charge in [-0.15, -0.1) is 0 Å². The standard InChI is InChI=1S/C18H28N2/c1-13-4-3-5-14(2)18(13)17(10-19)20(11-15-6-7-15)12-16-8-9-16/h3-5,15-17H,6-12,19H2,1-2H3. The summed E-state index contributed by atoms with van der Waals surface area (Å²) < 4.78 is 0. The molecule has 20 heavy (non-hydrogen) atoms. The van der Waals surface area contributed by atoms with Crippen LogP contribution < -0.4 is 5.73 Å². The van der Waals surface area contributed by atoms with Crippen LogP contribution in [0, 0.1) is 25.7 Å². The van der Waals surface area contributed by atoms with E-state index in [0.29, 0.717) is 6.04 Å². The van der Waals surface area contributed by atoms with Gasteiger partial charge in [0.25, 0.3) is 0 Å². The van der Waals surface area contributed by atoms with E-state index >= 15 is 0 Å². The Balaban J connectivity index is 1.83. The molecule has 2 aliphatic carbocycles. The van der Waals surface area contributed by atoms with Crippen molar-refractivity contribution in [3.8, 4) is 0 Å². The average Bonchev–Trinajstić information content (AvgIpc) is 3.29. The van der Waals surface area contributed by atoms with Gasteiger partial charge in [0.05, 0.1) is 0 Å². The first-order chi connectivity index (χ1) is 9.69. The fourth-order valence-corrected chi connectivity index (χ4v) is 3.40. The number of hydrogen-bond acceptors (Lipinski definition) is 2. The second-order valence-electron chi connectivity index (χ2n) is 6.90. The molecular weight excluding hydrogens is 244 g/mol. The molecule has 2 saturated carbocycles. The van der Waals surface area contributed by atoms with Gasteiger partial charge in [-0.3, -0.25) is 4.90 Å². The van der Waals surface area contributed by atoms with Crippen molar-refractivity contribution < 1.29 is 0 Å². The van der Waals surface area contributed by atoms with Crippen LogP contribution in [-0.4, -0.2) is 24.5 Å². The van der Waals surface area contributed by atoms with Gasteiger partial charge in [0, 0.05) is 25.7 Å². The summed E-state index contributed by atoms with van der Waals surface area (Å²) in [5.74, 6) is 1.87. The molecule has 1 aromatic rings. The highest BCUT2D eigenvalue weighted by Gasteiger charge is 2.33. The first kappa shape index (κ1) is 14.1. The lowest BCUT2D eigenvalue weighted by atomic mass is 9.94. The van der Waals surface area contributed by atoms with Crippen molar-refractivity contribution in [3.63, 3.8) is 0 Å². The highest BCUT2D eigenvalue weighted by atomic mass is 15.2. The second kappa shape index (κ2) is 5.87. The first-order valence-corrected chi connectivity index (χ1v) is 8.19. The molecule has 0 amide bonds. The van der Waals surface area contributed by atoms with E-state index in [9.17, 15) is 0 Å². The summed E-state index contributed by atoms with van der Waals surface area (Å²) in [7, 11) is 0. The molecule has 1 atom stereocenters. The van der Waals surface area contributed by atoms with Gasteiger partial charge in [-0.1, -0.05) is 18.2 Å². The van der Waals surface area contributed by atoms with Crippen LogP contribution >= 0.6 is 0 Å². The smallest absolute Gasteiger partial charge is 0.0475 e. The third-order valence-electron chi connectivity index (χ3n) is 4.92. The van der Waals surface area contributed by atoms with E-state index in [2.05, 4.69) is 36.9 Å². The summed E-state index contributed by atoms with van der Waals surface area (Å²) in [6, 6.07) is 7.04. The monoisotopic (exact) mass is 272 g/mol. The first-order valence-electron chi connectivity index (χ1n) is 8.19. The lowest BCUT2D eigenvalue weighted by molar-refractivity contribution is 0.184. The summed E-state index contributed by atoms with van der Waals surface area (Å²) in [4.78, 5) is 2.70. The third kappa shape index (κ3) is 3.24. The number of benzene rings is 1. The van der Waals surface area contributed by atoms with Gasteiger partial charge in [-0.2, -0.15) is 0 Å². The minimum absolute atomic E-state index is 0.414. The van der Waals surface area contributed by atoms with Gasteiger partial charge < -0.3 is 5.73 Å². The quantitative estimate of drug-likeness (QED) is 0.824. The molecular formula is C18H28N2. The highest BCUT2D eigenvalue weighted by Crippen LogP contribution is 2.38. The molecule has 2 nitrogen and oxygen atoms in total. The van der Waals surface area contributed by atoms with E-state index in [1.54, 1.807) is 0 Å². The molecule has 2 heteroatoms. The van der Waals surface area contributed by atoms with Crippen LogP contribution in [0.15, 0.2) is 18.2 Å². The van der Waals surface area contributed by atoms with Crippen molar-refractivity contribution in [2.45, 2.75) is 45.6 Å². The lowest BCUT2D eigenvalue weighted by Crippen LogP contribution is -2.37. The maximum atomic E-state index is 6.19. The Hall–Kier alpha value is -0.860. The topological polar surface area (TPSA) is 29.3 Å². The molecule has 2 fully saturated rings. The number of nitrogens with two attached hydrogens (primary N) is 1. The Morgan fingerprint density at radius 1 is 1.05 bits per heavy atom. The van der Waals surface area contributed by atoms with Crippen LogP contribution in [0.25, 0.3) is 0 Å². The SMILES string of the molecule is Cc1cccc(C)c1C(CN)N(CC1CC1)CC1CC1. The van der Waals surface area contributed by atoms with Crippen LogP contribution in [0.5, 0.6) is 0 Å². The molecule has 0 spiro atoms. The summed E-state index contributed by atoms with van der Waals surface area (Å²) in [5, 5.41) is 0. The molecule has 0 bridgehead atoms. The van der Waals surface area contributed by atoms with Crippen LogP contribution in [-0.2, 0) is 0 Å². The zero-order valence-electron chi connectivity index (χ0n) is 12.9. The second-order valence-corrected chi connectivity index (χ2v) is 6.90. The van der Waals surface area contributed by atoms with Crippen molar-refractivity contribution in [1.29, 1.82) is 0 Å². The molecule has 110 valence electrons. The summed E-state index contributed by atoms with van der Waals surface area (Å²) in [6.45, 7) is 7.72. The number of hydrogen-bond donors (Lipinski definition) is 1. The fourth-order valence-electron chi connectivity index (χ4n) is 3.40. The van der Waals surface area contributed by atoms with Gasteiger partial charge in [0.15, 0.2) is 0 Å². The molecule has 0 saturated heterocycles. The van der Waals surface area contributed by atoms with E-state index in [4.69, 9.17) is 5.73 Å². The Morgan fingerprint density at radius 2 is 1.55 bits per heavy atom. The Kier molecular flexibility index (Phi) is 4.13. The molecule has 2 N–H and O–H groups in total. The van der Waals surface area contributed by atoms with Crippen molar-refractivity contribution >= 4 is 0 Å². The van der Waals surface area contributed by atoms with E-state index in [1.807, 2.05) is 0 Å². The van der Waals surface area contributed by atoms with Crippen molar-refractivity contribution in [1.82, 2.24) is 4.90 Å². The number of rotatable bonds is 7. The van der Waals surface area contributed by atoms with Crippen molar-refractivity contribution in [2.24, 2.45) is 17.6 Å². The molecule has 0 aromatic heterocycles. The van der Waals surface area contributed by atoms with Crippen LogP contribution in [0.4, 0.5) is 0 Å². The van der Waals surface area contributed by atoms with Gasteiger partial charge in [0.1, 0.15) is 0 Å². The van der Waals surface area contributed by atoms with Crippen molar-refractivity contribution in [3.05, 3.63) is 34.9 Å². The van der Waals surface area contributed by atoms with Gasteiger partial charge in [-0.25, -0.2) is 0 Å². The van der Waals surface area contributed by atoms with E-state index < -0.39 is 0 Å². The summed E-state index contributed by atoms with van der Waals surface area (Å²) in [5.41, 5.74) is 10.5. The molecule has 0 heterocycles. The number of nitrogens with zero attached hydrogens (tertiary/aromatic N) is 1. The van der Waals surface area contributed by atoms with Crippen LogP contribution in [0.3, 0.4) is 0 Å². The van der Waals surface area contributed by atoms with Crippen LogP contribution in [0.2, 0.25) is 0 Å². The van der Waals surface area contributed by atoms with Crippen LogP contribution in [0.1, 0.15) is 48.4 Å². The van der Waals surface area contributed by atoms with Gasteiger partial charge >= 0.3 is 0 Å². The minimum atomic E-state index is 0.414. The zero-order valence-corrected chi connectivity index (χ0v) is 12.9. The Bertz CT molecular complexity index is 426. The normalized spacial score (nSPS) is 20.4. The predicted octanol–water partition coefficient (Wildman–Crippen LogP) is 3.43. The van der Waals surface area contributed by atoms with E-state index in [1.165, 1.54) is 55.5 Å². The Labute approximate surface area is 123 Å². The zero-order chi connectivity index (χ0) is 14.1. The van der Waals surface area contributed by atoms with Gasteiger partial charge in [0.2, 0.25) is 0 Å². The highest BCUT2D eigenvalue weighted by molar-refractivity contribution is 5.36. The summed E-state index contributed by atoms with van der Waals surface area (Å²) in [6.07, 6.45) is 5.69. The molecule has 0 aliphatic heterocycles. The maximum Gasteiger partial charge on any atom is 0.0475 e. The minimum Gasteiger partial charge on any atom is -0.329 e. The molecule has 2 aliphatic rings. The lowest BCUT2D eigenvalue weighted by Gasteiger charge is -2.33. The summed E-state index contributed by atoms with van der Waals surface area (Å²) >= 11 is 0. The largest absolute Gasteiger partial charge is 0.329 e. The average molecular weight is 272 g/mol. The molecule has 0 radical (unpaired) electrons. The van der Waals surface area contributed by atoms with E-state index in [-0.39, 0.29) is 0 Å². The number of aryl methyl sites for hydroxylation is 2. The predicted molar refractivity (Wildman–Crippen MR) is 84.7 cm³/mol. The molecule has 1 aromatic carbocycles. The third-order valence-corrected chi connectivity index (χ3v) is 4.92. The maximum absolute atomic E-state index is 6.19. The van der Waals surface area contributed by atoms with Crippen molar-refractivity contribution in [2.75, 3.05) is 19.6 Å².